The Morgan fingerprint density at radius 3 is 2.37 bits per heavy atom. The van der Waals surface area contributed by atoms with Crippen LogP contribution < -0.4 is 10.2 Å². The van der Waals surface area contributed by atoms with Crippen molar-refractivity contribution in [1.82, 2.24) is 9.80 Å². The summed E-state index contributed by atoms with van der Waals surface area (Å²) in [5, 5.41) is 1.05. The molecule has 1 heterocycles. The molecule has 0 bridgehead atoms. The molecule has 0 saturated carbocycles. The lowest BCUT2D eigenvalue weighted by molar-refractivity contribution is -0.142. The highest BCUT2D eigenvalue weighted by molar-refractivity contribution is 6.30. The molecule has 7 nitrogen and oxygen atoms in total. The van der Waals surface area contributed by atoms with Gasteiger partial charge in [0.25, 0.3) is 5.91 Å². The number of aryl methyl sites for hydroxylation is 1. The van der Waals surface area contributed by atoms with Gasteiger partial charge in [0, 0.05) is 18.1 Å². The van der Waals surface area contributed by atoms with E-state index in [9.17, 15) is 14.4 Å². The highest BCUT2D eigenvalue weighted by atomic mass is 35.5. The number of nitrogens with zero attached hydrogens (tertiary/aromatic N) is 2. The van der Waals surface area contributed by atoms with Crippen molar-refractivity contribution in [1.29, 1.82) is 0 Å². The predicted octanol–water partition coefficient (Wildman–Crippen LogP) is 6.24. The normalized spacial score (nSPS) is 11.0. The smallest absolute Gasteiger partial charge is 0.260 e. The number of halogens is 1. The maximum absolute atomic E-state index is 13.8. The molecule has 0 saturated heterocycles. The fraction of sp³-hybridized carbons (Fsp3) is 0.303. The number of ether oxygens (including phenoxy) is 1. The van der Waals surface area contributed by atoms with Crippen molar-refractivity contribution < 1.29 is 18.7 Å². The van der Waals surface area contributed by atoms with E-state index in [2.05, 4.69) is 13.8 Å². The monoisotopic (exact) mass is 574 g/mol. The maximum Gasteiger partial charge on any atom is 0.260 e. The van der Waals surface area contributed by atoms with E-state index in [0.717, 1.165) is 17.5 Å². The lowest BCUT2D eigenvalue weighted by atomic mass is 10.1. The van der Waals surface area contributed by atoms with Crippen molar-refractivity contribution in [2.75, 3.05) is 19.7 Å². The molecular formula is C33H35ClN2O5. The van der Waals surface area contributed by atoms with Gasteiger partial charge in [0.1, 0.15) is 11.3 Å². The Balaban J connectivity index is 1.56. The standard InChI is InChI=1S/C33H35ClN2O5/c1-23(2)15-16-35(32(38)22-40-28-12-10-27(34)11-13-28)20-31(37)36(18-25-7-5-4-6-8-25)19-26-21-41-30-14-9-24(3)17-29(30)33(26)39/h4-14,17,21,23H,15-16,18-20,22H2,1-3H3. The van der Waals surface area contributed by atoms with Crippen LogP contribution in [0.5, 0.6) is 5.75 Å². The number of carbonyl (C=O) groups is 2. The zero-order valence-corrected chi connectivity index (χ0v) is 24.4. The van der Waals surface area contributed by atoms with Crippen LogP contribution in [0.4, 0.5) is 0 Å². The quantitative estimate of drug-likeness (QED) is 0.200. The van der Waals surface area contributed by atoms with Crippen LogP contribution in [-0.2, 0) is 22.7 Å². The maximum atomic E-state index is 13.8. The Bertz CT molecular complexity index is 1530. The third-order valence-corrected chi connectivity index (χ3v) is 7.01. The van der Waals surface area contributed by atoms with Crippen molar-refractivity contribution in [2.45, 2.75) is 40.3 Å². The number of benzene rings is 3. The molecular weight excluding hydrogens is 540 g/mol. The van der Waals surface area contributed by atoms with Gasteiger partial charge in [0.2, 0.25) is 5.91 Å². The SMILES string of the molecule is Cc1ccc2occ(CN(Cc3ccccc3)C(=O)CN(CCC(C)C)C(=O)COc3ccc(Cl)cc3)c(=O)c2c1. The van der Waals surface area contributed by atoms with Crippen LogP contribution in [0, 0.1) is 12.8 Å². The molecule has 0 unspecified atom stereocenters. The van der Waals surface area contributed by atoms with Crippen LogP contribution >= 0.6 is 11.6 Å². The molecule has 4 aromatic rings. The average molecular weight is 575 g/mol. The second kappa shape index (κ2) is 14.0. The summed E-state index contributed by atoms with van der Waals surface area (Å²) in [5.74, 6) is 0.279. The lowest BCUT2D eigenvalue weighted by Crippen LogP contribution is -2.45. The van der Waals surface area contributed by atoms with Crippen molar-refractivity contribution in [3.63, 3.8) is 0 Å². The predicted molar refractivity (Wildman–Crippen MR) is 161 cm³/mol. The van der Waals surface area contributed by atoms with E-state index < -0.39 is 0 Å². The fourth-order valence-electron chi connectivity index (χ4n) is 4.37. The van der Waals surface area contributed by atoms with Gasteiger partial charge in [-0.3, -0.25) is 14.4 Å². The van der Waals surface area contributed by atoms with E-state index in [1.54, 1.807) is 41.3 Å². The summed E-state index contributed by atoms with van der Waals surface area (Å²) in [6.07, 6.45) is 2.15. The van der Waals surface area contributed by atoms with Gasteiger partial charge in [0.15, 0.2) is 12.0 Å². The molecule has 0 atom stereocenters. The first-order chi connectivity index (χ1) is 19.7. The molecule has 0 N–H and O–H groups in total. The molecule has 41 heavy (non-hydrogen) atoms. The Morgan fingerprint density at radius 1 is 0.927 bits per heavy atom. The fourth-order valence-corrected chi connectivity index (χ4v) is 4.50. The Labute approximate surface area is 245 Å². The second-order valence-corrected chi connectivity index (χ2v) is 11.0. The zero-order valence-electron chi connectivity index (χ0n) is 23.6. The molecule has 2 amide bonds. The summed E-state index contributed by atoms with van der Waals surface area (Å²) < 4.78 is 11.4. The van der Waals surface area contributed by atoms with Gasteiger partial charge in [-0.15, -0.1) is 0 Å². The minimum atomic E-state index is -0.297. The zero-order chi connectivity index (χ0) is 29.4. The van der Waals surface area contributed by atoms with Gasteiger partial charge in [-0.25, -0.2) is 0 Å². The van der Waals surface area contributed by atoms with Crippen LogP contribution in [0.3, 0.4) is 0 Å². The van der Waals surface area contributed by atoms with Gasteiger partial charge < -0.3 is 19.0 Å². The molecule has 0 aliphatic carbocycles. The van der Waals surface area contributed by atoms with E-state index in [0.29, 0.717) is 39.8 Å². The van der Waals surface area contributed by atoms with Crippen molar-refractivity contribution in [3.05, 3.63) is 111 Å². The van der Waals surface area contributed by atoms with Crippen LogP contribution in [0.2, 0.25) is 5.02 Å². The summed E-state index contributed by atoms with van der Waals surface area (Å²) in [7, 11) is 0. The number of rotatable bonds is 12. The van der Waals surface area contributed by atoms with Gasteiger partial charge in [-0.2, -0.15) is 0 Å². The summed E-state index contributed by atoms with van der Waals surface area (Å²) in [4.78, 5) is 43.5. The van der Waals surface area contributed by atoms with Crippen LogP contribution in [0.25, 0.3) is 11.0 Å². The summed E-state index contributed by atoms with van der Waals surface area (Å²) in [6.45, 7) is 6.43. The average Bonchev–Trinajstić information content (AvgIpc) is 2.96. The topological polar surface area (TPSA) is 80.1 Å². The number of hydrogen-bond acceptors (Lipinski definition) is 5. The van der Waals surface area contributed by atoms with E-state index in [1.165, 1.54) is 11.2 Å². The van der Waals surface area contributed by atoms with Gasteiger partial charge in [-0.05, 0) is 61.2 Å². The minimum absolute atomic E-state index is 0.0490. The van der Waals surface area contributed by atoms with E-state index in [-0.39, 0.29) is 43.5 Å². The molecule has 1 aromatic heterocycles. The van der Waals surface area contributed by atoms with Gasteiger partial charge >= 0.3 is 0 Å². The second-order valence-electron chi connectivity index (χ2n) is 10.6. The molecule has 4 rings (SSSR count). The Kier molecular flexibility index (Phi) is 10.2. The first kappa shape index (κ1) is 29.9. The third kappa shape index (κ3) is 8.44. The van der Waals surface area contributed by atoms with Gasteiger partial charge in [0.05, 0.1) is 30.3 Å². The van der Waals surface area contributed by atoms with E-state index in [4.69, 9.17) is 20.8 Å². The summed E-state index contributed by atoms with van der Waals surface area (Å²) >= 11 is 5.95. The molecule has 0 aliphatic rings. The molecule has 8 heteroatoms. The number of amides is 2. The van der Waals surface area contributed by atoms with Crippen molar-refractivity contribution >= 4 is 34.4 Å². The molecule has 0 spiro atoms. The van der Waals surface area contributed by atoms with Crippen molar-refractivity contribution in [3.8, 4) is 5.75 Å². The highest BCUT2D eigenvalue weighted by Gasteiger charge is 2.24. The molecule has 0 radical (unpaired) electrons. The highest BCUT2D eigenvalue weighted by Crippen LogP contribution is 2.18. The molecule has 3 aromatic carbocycles. The third-order valence-electron chi connectivity index (χ3n) is 6.76. The molecule has 214 valence electrons. The van der Waals surface area contributed by atoms with Crippen LogP contribution in [0.1, 0.15) is 37.0 Å². The van der Waals surface area contributed by atoms with Gasteiger partial charge in [-0.1, -0.05) is 67.4 Å². The lowest BCUT2D eigenvalue weighted by Gasteiger charge is -2.28. The first-order valence-corrected chi connectivity index (χ1v) is 14.1. The minimum Gasteiger partial charge on any atom is -0.484 e. The summed E-state index contributed by atoms with van der Waals surface area (Å²) in [5.41, 5.74) is 2.55. The largest absolute Gasteiger partial charge is 0.484 e. The first-order valence-electron chi connectivity index (χ1n) is 13.7. The van der Waals surface area contributed by atoms with E-state index in [1.807, 2.05) is 43.3 Å². The van der Waals surface area contributed by atoms with Crippen LogP contribution in [-0.4, -0.2) is 41.3 Å². The number of carbonyl (C=O) groups excluding carboxylic acids is 2. The number of fused-ring (bicyclic) bond motifs is 1. The van der Waals surface area contributed by atoms with Crippen LogP contribution in [0.15, 0.2) is 88.3 Å². The molecule has 0 fully saturated rings. The number of hydrogen-bond donors (Lipinski definition) is 0. The summed E-state index contributed by atoms with van der Waals surface area (Å²) in [6, 6.07) is 21.8. The van der Waals surface area contributed by atoms with Crippen molar-refractivity contribution in [2.24, 2.45) is 5.92 Å². The van der Waals surface area contributed by atoms with E-state index >= 15 is 0 Å². The Morgan fingerprint density at radius 2 is 1.66 bits per heavy atom. The Hall–Kier alpha value is -4.10. The molecule has 0 aliphatic heterocycles.